The second-order valence-corrected chi connectivity index (χ2v) is 5.82. The van der Waals surface area contributed by atoms with Crippen molar-refractivity contribution in [2.24, 2.45) is 0 Å². The van der Waals surface area contributed by atoms with Crippen LogP contribution in [0.4, 0.5) is 8.78 Å². The number of amides is 1. The monoisotopic (exact) mass is 340 g/mol. The highest BCUT2D eigenvalue weighted by molar-refractivity contribution is 7.11. The highest BCUT2D eigenvalue weighted by atomic mass is 32.1. The number of hydrogen-bond acceptors (Lipinski definition) is 5. The predicted molar refractivity (Wildman–Crippen MR) is 80.0 cm³/mol. The molecule has 0 saturated carbocycles. The number of carbonyl (C=O) groups excluding carboxylic acids is 2. The zero-order valence-corrected chi connectivity index (χ0v) is 13.5. The summed E-state index contributed by atoms with van der Waals surface area (Å²) in [5, 5.41) is 2.42. The van der Waals surface area contributed by atoms with Gasteiger partial charge in [0.2, 0.25) is 0 Å². The topological polar surface area (TPSA) is 68.3 Å². The van der Waals surface area contributed by atoms with Gasteiger partial charge in [-0.2, -0.15) is 0 Å². The van der Waals surface area contributed by atoms with Gasteiger partial charge in [0.05, 0.1) is 18.3 Å². The number of thiazole rings is 1. The first-order valence-electron chi connectivity index (χ1n) is 6.56. The van der Waals surface area contributed by atoms with Crippen LogP contribution in [0, 0.1) is 18.6 Å². The van der Waals surface area contributed by atoms with Gasteiger partial charge in [0.15, 0.2) is 5.54 Å². The van der Waals surface area contributed by atoms with Gasteiger partial charge in [0, 0.05) is 5.56 Å². The van der Waals surface area contributed by atoms with E-state index in [-0.39, 0.29) is 10.4 Å². The second-order valence-electron chi connectivity index (χ2n) is 4.96. The van der Waals surface area contributed by atoms with Crippen LogP contribution in [0.1, 0.15) is 27.9 Å². The molecular weight excluding hydrogens is 326 g/mol. The number of nitrogens with zero attached hydrogens (tertiary/aromatic N) is 1. The summed E-state index contributed by atoms with van der Waals surface area (Å²) in [6, 6.07) is 2.66. The zero-order chi connectivity index (χ0) is 17.2. The number of nitrogens with one attached hydrogen (secondary N) is 1. The minimum atomic E-state index is -1.88. The van der Waals surface area contributed by atoms with Crippen LogP contribution in [0.5, 0.6) is 0 Å². The standard InChI is InChI=1S/C15H14F2N2O3S/c1-8-12(23-7-18-8)13(20)19-15(2,14(21)22-3)10-6-9(16)4-5-11(10)17/h4-7H,1-3H3,(H,19,20)/t15-/m0/s1. The third-order valence-corrected chi connectivity index (χ3v) is 4.30. The number of carbonyl (C=O) groups is 2. The quantitative estimate of drug-likeness (QED) is 0.869. The zero-order valence-electron chi connectivity index (χ0n) is 12.6. The molecule has 0 aliphatic heterocycles. The van der Waals surface area contributed by atoms with Crippen molar-refractivity contribution in [3.05, 3.63) is 51.5 Å². The van der Waals surface area contributed by atoms with Crippen molar-refractivity contribution in [1.82, 2.24) is 10.3 Å². The molecule has 1 N–H and O–H groups in total. The van der Waals surface area contributed by atoms with Crippen molar-refractivity contribution in [2.75, 3.05) is 7.11 Å². The molecule has 1 aromatic carbocycles. The van der Waals surface area contributed by atoms with E-state index in [2.05, 4.69) is 15.0 Å². The Morgan fingerprint density at radius 2 is 2.04 bits per heavy atom. The maximum absolute atomic E-state index is 14.1. The summed E-state index contributed by atoms with van der Waals surface area (Å²) in [6.45, 7) is 2.88. The Hall–Kier alpha value is -2.35. The van der Waals surface area contributed by atoms with Gasteiger partial charge in [-0.05, 0) is 32.0 Å². The lowest BCUT2D eigenvalue weighted by molar-refractivity contribution is -0.148. The normalized spacial score (nSPS) is 13.3. The Labute approximate surface area is 135 Å². The summed E-state index contributed by atoms with van der Waals surface area (Å²) in [5.74, 6) is -3.11. The number of ether oxygens (including phenoxy) is 1. The predicted octanol–water partition coefficient (Wildman–Crippen LogP) is 2.55. The summed E-state index contributed by atoms with van der Waals surface area (Å²) in [6.07, 6.45) is 0. The van der Waals surface area contributed by atoms with Crippen molar-refractivity contribution in [3.63, 3.8) is 0 Å². The molecule has 1 atom stereocenters. The first kappa shape index (κ1) is 17.0. The molecule has 1 amide bonds. The molecule has 2 rings (SSSR count). The fourth-order valence-corrected chi connectivity index (χ4v) is 2.81. The largest absolute Gasteiger partial charge is 0.467 e. The van der Waals surface area contributed by atoms with Gasteiger partial charge in [-0.15, -0.1) is 11.3 Å². The summed E-state index contributed by atoms with van der Waals surface area (Å²) < 4.78 is 32.2. The third-order valence-electron chi connectivity index (χ3n) is 3.38. The maximum Gasteiger partial charge on any atom is 0.336 e. The number of methoxy groups -OCH3 is 1. The van der Waals surface area contributed by atoms with Crippen molar-refractivity contribution >= 4 is 23.2 Å². The molecule has 0 spiro atoms. The molecule has 1 heterocycles. The molecule has 122 valence electrons. The highest BCUT2D eigenvalue weighted by Crippen LogP contribution is 2.27. The van der Waals surface area contributed by atoms with E-state index in [1.54, 1.807) is 6.92 Å². The molecule has 5 nitrogen and oxygen atoms in total. The molecule has 0 unspecified atom stereocenters. The lowest BCUT2D eigenvalue weighted by Crippen LogP contribution is -2.50. The molecule has 2 aromatic rings. The van der Waals surface area contributed by atoms with Crippen LogP contribution in [0.25, 0.3) is 0 Å². The Morgan fingerprint density at radius 1 is 1.35 bits per heavy atom. The van der Waals surface area contributed by atoms with Crippen molar-refractivity contribution in [2.45, 2.75) is 19.4 Å². The summed E-state index contributed by atoms with van der Waals surface area (Å²) >= 11 is 1.08. The first-order chi connectivity index (χ1) is 10.8. The lowest BCUT2D eigenvalue weighted by atomic mass is 9.91. The minimum absolute atomic E-state index is 0.275. The average Bonchev–Trinajstić information content (AvgIpc) is 2.94. The molecule has 0 bridgehead atoms. The summed E-state index contributed by atoms with van der Waals surface area (Å²) in [5.41, 5.74) is -0.254. The van der Waals surface area contributed by atoms with Crippen LogP contribution in [0.2, 0.25) is 0 Å². The van der Waals surface area contributed by atoms with Gasteiger partial charge < -0.3 is 10.1 Å². The van der Waals surface area contributed by atoms with Crippen LogP contribution >= 0.6 is 11.3 Å². The number of halogens is 2. The Kier molecular flexibility index (Phi) is 4.74. The van der Waals surface area contributed by atoms with Crippen molar-refractivity contribution in [1.29, 1.82) is 0 Å². The van der Waals surface area contributed by atoms with Crippen LogP contribution < -0.4 is 5.32 Å². The van der Waals surface area contributed by atoms with E-state index in [1.807, 2.05) is 0 Å². The Morgan fingerprint density at radius 3 is 2.61 bits per heavy atom. The van der Waals surface area contributed by atoms with Gasteiger partial charge in [0.25, 0.3) is 5.91 Å². The number of hydrogen-bond donors (Lipinski definition) is 1. The van der Waals surface area contributed by atoms with Crippen LogP contribution in [0.15, 0.2) is 23.7 Å². The van der Waals surface area contributed by atoms with Crippen molar-refractivity contribution in [3.8, 4) is 0 Å². The Bertz CT molecular complexity index is 763. The molecule has 0 fully saturated rings. The van der Waals surface area contributed by atoms with E-state index in [0.29, 0.717) is 5.69 Å². The van der Waals surface area contributed by atoms with E-state index < -0.39 is 29.0 Å². The number of rotatable bonds is 4. The Balaban J connectivity index is 2.48. The van der Waals surface area contributed by atoms with Gasteiger partial charge in [-0.3, -0.25) is 4.79 Å². The van der Waals surface area contributed by atoms with E-state index in [0.717, 1.165) is 36.6 Å². The van der Waals surface area contributed by atoms with E-state index in [4.69, 9.17) is 0 Å². The van der Waals surface area contributed by atoms with E-state index >= 15 is 0 Å². The molecule has 0 aliphatic rings. The third kappa shape index (κ3) is 3.21. The SMILES string of the molecule is COC(=O)[C@@](C)(NC(=O)c1scnc1C)c1cc(F)ccc1F. The van der Waals surface area contributed by atoms with Gasteiger partial charge >= 0.3 is 5.97 Å². The van der Waals surface area contributed by atoms with E-state index in [1.165, 1.54) is 12.4 Å². The molecule has 0 aliphatic carbocycles. The smallest absolute Gasteiger partial charge is 0.336 e. The second kappa shape index (κ2) is 6.41. The van der Waals surface area contributed by atoms with Gasteiger partial charge in [-0.25, -0.2) is 18.6 Å². The molecule has 23 heavy (non-hydrogen) atoms. The minimum Gasteiger partial charge on any atom is -0.467 e. The number of esters is 1. The number of aromatic nitrogens is 1. The summed E-state index contributed by atoms with van der Waals surface area (Å²) in [4.78, 5) is 28.7. The van der Waals surface area contributed by atoms with Gasteiger partial charge in [-0.1, -0.05) is 0 Å². The summed E-state index contributed by atoms with van der Waals surface area (Å²) in [7, 11) is 1.10. The fraction of sp³-hybridized carbons (Fsp3) is 0.267. The molecule has 1 aromatic heterocycles. The molecular formula is C15H14F2N2O3S. The molecule has 0 saturated heterocycles. The maximum atomic E-state index is 14.1. The van der Waals surface area contributed by atoms with Crippen molar-refractivity contribution < 1.29 is 23.1 Å². The average molecular weight is 340 g/mol. The lowest BCUT2D eigenvalue weighted by Gasteiger charge is -2.28. The van der Waals surface area contributed by atoms with E-state index in [9.17, 15) is 18.4 Å². The molecule has 8 heteroatoms. The number of benzene rings is 1. The van der Waals surface area contributed by atoms with Crippen LogP contribution in [0.3, 0.4) is 0 Å². The van der Waals surface area contributed by atoms with Crippen LogP contribution in [-0.2, 0) is 15.1 Å². The number of aryl methyl sites for hydroxylation is 1. The van der Waals surface area contributed by atoms with Crippen LogP contribution in [-0.4, -0.2) is 24.0 Å². The fourth-order valence-electron chi connectivity index (χ4n) is 2.12. The van der Waals surface area contributed by atoms with Gasteiger partial charge in [0.1, 0.15) is 16.5 Å². The highest BCUT2D eigenvalue weighted by Gasteiger charge is 2.41. The first-order valence-corrected chi connectivity index (χ1v) is 7.44. The molecule has 0 radical (unpaired) electrons.